The summed E-state index contributed by atoms with van der Waals surface area (Å²) in [6.07, 6.45) is 2.08. The quantitative estimate of drug-likeness (QED) is 0.756. The summed E-state index contributed by atoms with van der Waals surface area (Å²) in [5.74, 6) is -0.120. The third kappa shape index (κ3) is 3.72. The van der Waals surface area contributed by atoms with E-state index in [4.69, 9.17) is 4.74 Å². The van der Waals surface area contributed by atoms with E-state index in [1.54, 1.807) is 0 Å². The van der Waals surface area contributed by atoms with Crippen molar-refractivity contribution in [3.8, 4) is 11.1 Å². The highest BCUT2D eigenvalue weighted by atomic mass is 16.5. The van der Waals surface area contributed by atoms with E-state index in [1.807, 2.05) is 31.2 Å². The molecular formula is C21H24N4O2. The standard InChI is InChI=1S/C21H24N4O2/c1-2-22-21(26)20-18(15-24-10-12-27-13-11-24)25-14-17(8-9-19(25)23-20)16-6-4-3-5-7-16/h3-9,14H,2,10-13,15H2,1H3,(H,22,26). The average molecular weight is 364 g/mol. The zero-order chi connectivity index (χ0) is 18.6. The van der Waals surface area contributed by atoms with Crippen molar-refractivity contribution in [1.29, 1.82) is 0 Å². The molecule has 1 aliphatic rings. The van der Waals surface area contributed by atoms with Gasteiger partial charge >= 0.3 is 0 Å². The molecule has 4 rings (SSSR count). The van der Waals surface area contributed by atoms with Gasteiger partial charge in [-0.05, 0) is 30.2 Å². The lowest BCUT2D eigenvalue weighted by atomic mass is 10.1. The van der Waals surface area contributed by atoms with E-state index in [0.29, 0.717) is 18.8 Å². The molecule has 27 heavy (non-hydrogen) atoms. The number of benzene rings is 1. The molecule has 1 N–H and O–H groups in total. The molecule has 1 amide bonds. The van der Waals surface area contributed by atoms with Crippen molar-refractivity contribution in [3.05, 3.63) is 60.0 Å². The first-order chi connectivity index (χ1) is 13.3. The fourth-order valence-corrected chi connectivity index (χ4v) is 3.44. The molecule has 2 aromatic heterocycles. The molecule has 1 fully saturated rings. The van der Waals surface area contributed by atoms with E-state index in [2.05, 4.69) is 44.0 Å². The Bertz CT molecular complexity index is 930. The lowest BCUT2D eigenvalue weighted by molar-refractivity contribution is 0.0334. The third-order valence-corrected chi connectivity index (χ3v) is 4.85. The van der Waals surface area contributed by atoms with Crippen LogP contribution in [-0.4, -0.2) is 53.0 Å². The average Bonchev–Trinajstić information content (AvgIpc) is 3.07. The molecule has 1 aliphatic heterocycles. The number of aromatic nitrogens is 2. The topological polar surface area (TPSA) is 58.9 Å². The fraction of sp³-hybridized carbons (Fsp3) is 0.333. The summed E-state index contributed by atoms with van der Waals surface area (Å²) in [5, 5.41) is 2.89. The van der Waals surface area contributed by atoms with Crippen LogP contribution < -0.4 is 5.32 Å². The number of imidazole rings is 1. The molecule has 3 heterocycles. The minimum atomic E-state index is -0.120. The number of ether oxygens (including phenoxy) is 1. The van der Waals surface area contributed by atoms with Gasteiger partial charge in [0, 0.05) is 32.4 Å². The molecule has 0 aliphatic carbocycles. The SMILES string of the molecule is CCNC(=O)c1nc2ccc(-c3ccccc3)cn2c1CN1CCOCC1. The van der Waals surface area contributed by atoms with Gasteiger partial charge in [-0.15, -0.1) is 0 Å². The van der Waals surface area contributed by atoms with E-state index in [0.717, 1.165) is 48.8 Å². The van der Waals surface area contributed by atoms with Crippen LogP contribution in [0.1, 0.15) is 23.1 Å². The van der Waals surface area contributed by atoms with E-state index < -0.39 is 0 Å². The number of amides is 1. The molecule has 0 radical (unpaired) electrons. The first-order valence-electron chi connectivity index (χ1n) is 9.41. The maximum absolute atomic E-state index is 12.6. The molecule has 1 aromatic carbocycles. The van der Waals surface area contributed by atoms with Crippen molar-refractivity contribution in [3.63, 3.8) is 0 Å². The fourth-order valence-electron chi connectivity index (χ4n) is 3.44. The number of nitrogens with zero attached hydrogens (tertiary/aromatic N) is 3. The van der Waals surface area contributed by atoms with Gasteiger partial charge in [0.15, 0.2) is 5.69 Å². The van der Waals surface area contributed by atoms with Crippen molar-refractivity contribution in [2.24, 2.45) is 0 Å². The van der Waals surface area contributed by atoms with Gasteiger partial charge < -0.3 is 14.5 Å². The van der Waals surface area contributed by atoms with Crippen LogP contribution in [0.25, 0.3) is 16.8 Å². The Morgan fingerprint density at radius 3 is 2.63 bits per heavy atom. The highest BCUT2D eigenvalue weighted by molar-refractivity contribution is 5.94. The number of fused-ring (bicyclic) bond motifs is 1. The van der Waals surface area contributed by atoms with Crippen LogP contribution >= 0.6 is 0 Å². The molecule has 1 saturated heterocycles. The number of hydrogen-bond acceptors (Lipinski definition) is 4. The summed E-state index contributed by atoms with van der Waals surface area (Å²) in [6.45, 7) is 6.35. The molecule has 6 nitrogen and oxygen atoms in total. The Labute approximate surface area is 158 Å². The zero-order valence-corrected chi connectivity index (χ0v) is 15.5. The lowest BCUT2D eigenvalue weighted by Crippen LogP contribution is -2.36. The summed E-state index contributed by atoms with van der Waals surface area (Å²) < 4.78 is 7.51. The van der Waals surface area contributed by atoms with Crippen LogP contribution in [0.2, 0.25) is 0 Å². The van der Waals surface area contributed by atoms with Crippen LogP contribution in [0.3, 0.4) is 0 Å². The number of pyridine rings is 1. The molecule has 0 spiro atoms. The van der Waals surface area contributed by atoms with Crippen LogP contribution in [-0.2, 0) is 11.3 Å². The first kappa shape index (κ1) is 17.7. The summed E-state index contributed by atoms with van der Waals surface area (Å²) >= 11 is 0. The van der Waals surface area contributed by atoms with Crippen molar-refractivity contribution < 1.29 is 9.53 Å². The molecule has 140 valence electrons. The molecule has 0 bridgehead atoms. The van der Waals surface area contributed by atoms with E-state index in [-0.39, 0.29) is 5.91 Å². The maximum Gasteiger partial charge on any atom is 0.271 e. The number of hydrogen-bond donors (Lipinski definition) is 1. The maximum atomic E-state index is 12.6. The summed E-state index contributed by atoms with van der Waals surface area (Å²) in [7, 11) is 0. The second kappa shape index (κ2) is 7.90. The van der Waals surface area contributed by atoms with Gasteiger partial charge in [0.2, 0.25) is 0 Å². The van der Waals surface area contributed by atoms with Gasteiger partial charge in [0.25, 0.3) is 5.91 Å². The van der Waals surface area contributed by atoms with Crippen molar-refractivity contribution in [2.75, 3.05) is 32.8 Å². The Hall–Kier alpha value is -2.70. The van der Waals surface area contributed by atoms with Crippen molar-refractivity contribution in [1.82, 2.24) is 19.6 Å². The smallest absolute Gasteiger partial charge is 0.271 e. The molecule has 0 unspecified atom stereocenters. The van der Waals surface area contributed by atoms with Gasteiger partial charge in [0.1, 0.15) is 5.65 Å². The molecule has 0 saturated carbocycles. The zero-order valence-electron chi connectivity index (χ0n) is 15.5. The van der Waals surface area contributed by atoms with Gasteiger partial charge in [-0.1, -0.05) is 30.3 Å². The first-order valence-corrected chi connectivity index (χ1v) is 9.41. The van der Waals surface area contributed by atoms with E-state index in [9.17, 15) is 4.79 Å². The van der Waals surface area contributed by atoms with Crippen molar-refractivity contribution in [2.45, 2.75) is 13.5 Å². The summed E-state index contributed by atoms with van der Waals surface area (Å²) in [5.41, 5.74) is 4.47. The number of nitrogens with one attached hydrogen (secondary N) is 1. The molecule has 6 heteroatoms. The molecule has 3 aromatic rings. The number of morpholine rings is 1. The highest BCUT2D eigenvalue weighted by Crippen LogP contribution is 2.23. The second-order valence-electron chi connectivity index (χ2n) is 6.67. The number of rotatable bonds is 5. The van der Waals surface area contributed by atoms with Crippen LogP contribution in [0.5, 0.6) is 0 Å². The van der Waals surface area contributed by atoms with Crippen LogP contribution in [0.15, 0.2) is 48.7 Å². The van der Waals surface area contributed by atoms with Gasteiger partial charge in [-0.3, -0.25) is 9.69 Å². The number of carbonyl (C=O) groups is 1. The van der Waals surface area contributed by atoms with Gasteiger partial charge in [-0.25, -0.2) is 4.98 Å². The van der Waals surface area contributed by atoms with Crippen LogP contribution in [0, 0.1) is 0 Å². The third-order valence-electron chi connectivity index (χ3n) is 4.85. The monoisotopic (exact) mass is 364 g/mol. The minimum absolute atomic E-state index is 0.120. The predicted octanol–water partition coefficient (Wildman–Crippen LogP) is 2.58. The Morgan fingerprint density at radius 1 is 1.11 bits per heavy atom. The predicted molar refractivity (Wildman–Crippen MR) is 105 cm³/mol. The summed E-state index contributed by atoms with van der Waals surface area (Å²) in [6, 6.07) is 14.3. The normalized spacial score (nSPS) is 15.1. The minimum Gasteiger partial charge on any atom is -0.379 e. The summed E-state index contributed by atoms with van der Waals surface area (Å²) in [4.78, 5) is 19.5. The largest absolute Gasteiger partial charge is 0.379 e. The Morgan fingerprint density at radius 2 is 1.89 bits per heavy atom. The lowest BCUT2D eigenvalue weighted by Gasteiger charge is -2.26. The van der Waals surface area contributed by atoms with Crippen LogP contribution in [0.4, 0.5) is 0 Å². The van der Waals surface area contributed by atoms with E-state index in [1.165, 1.54) is 0 Å². The molecule has 0 atom stereocenters. The Kier molecular flexibility index (Phi) is 5.18. The molecular weight excluding hydrogens is 340 g/mol. The Balaban J connectivity index is 1.78. The van der Waals surface area contributed by atoms with Gasteiger partial charge in [0.05, 0.1) is 18.9 Å². The van der Waals surface area contributed by atoms with Crippen molar-refractivity contribution >= 4 is 11.6 Å². The van der Waals surface area contributed by atoms with E-state index >= 15 is 0 Å². The number of carbonyl (C=O) groups excluding carboxylic acids is 1. The second-order valence-corrected chi connectivity index (χ2v) is 6.67. The highest BCUT2D eigenvalue weighted by Gasteiger charge is 2.22. The van der Waals surface area contributed by atoms with Gasteiger partial charge in [-0.2, -0.15) is 0 Å².